The Hall–Kier alpha value is -1.89. The van der Waals surface area contributed by atoms with Gasteiger partial charge in [-0.05, 0) is 26.8 Å². The molecule has 2 aromatic rings. The topological polar surface area (TPSA) is 63.1 Å². The monoisotopic (exact) mass is 307 g/mol. The number of carbonyl (C=O) groups is 1. The van der Waals surface area contributed by atoms with E-state index in [1.807, 2.05) is 51.2 Å². The zero-order chi connectivity index (χ0) is 15.6. The third kappa shape index (κ3) is 3.60. The molecule has 2 rings (SSSR count). The molecule has 0 saturated heterocycles. The molecule has 1 N–H and O–H groups in total. The van der Waals surface area contributed by atoms with Crippen molar-refractivity contribution in [2.75, 3.05) is 19.0 Å². The summed E-state index contributed by atoms with van der Waals surface area (Å²) < 4.78 is 1.75. The smallest absolute Gasteiger partial charge is 0.244 e. The average molecular weight is 307 g/mol. The summed E-state index contributed by atoms with van der Waals surface area (Å²) in [6, 6.07) is 1.64. The number of thiazole rings is 1. The summed E-state index contributed by atoms with van der Waals surface area (Å²) in [6.07, 6.45) is 0. The predicted molar refractivity (Wildman–Crippen MR) is 84.7 cm³/mol. The lowest BCUT2D eigenvalue weighted by Crippen LogP contribution is -2.31. The lowest BCUT2D eigenvalue weighted by Gasteiger charge is -2.14. The van der Waals surface area contributed by atoms with Crippen LogP contribution in [0.25, 0.3) is 0 Å². The van der Waals surface area contributed by atoms with E-state index >= 15 is 0 Å². The highest BCUT2D eigenvalue weighted by Gasteiger charge is 2.17. The number of rotatable bonds is 5. The Kier molecular flexibility index (Phi) is 4.62. The Morgan fingerprint density at radius 3 is 2.71 bits per heavy atom. The van der Waals surface area contributed by atoms with Crippen molar-refractivity contribution in [1.82, 2.24) is 20.1 Å². The van der Waals surface area contributed by atoms with E-state index in [0.29, 0.717) is 6.54 Å². The van der Waals surface area contributed by atoms with Crippen molar-refractivity contribution in [1.29, 1.82) is 0 Å². The first-order valence-electron chi connectivity index (χ1n) is 6.80. The van der Waals surface area contributed by atoms with E-state index in [0.717, 1.165) is 22.2 Å². The van der Waals surface area contributed by atoms with Crippen molar-refractivity contribution in [2.24, 2.45) is 0 Å². The standard InChI is InChI=1S/C14H21N5OS/c1-9-6-10(2)19(17-9)11(3)13(20)15-7-12-8-21-14(16-12)18(4)5/h6,8,11H,7H2,1-5H3,(H,15,20)/t11-/m1/s1. The van der Waals surface area contributed by atoms with E-state index in [9.17, 15) is 4.79 Å². The number of hydrogen-bond donors (Lipinski definition) is 1. The molecule has 0 aliphatic rings. The molecule has 7 heteroatoms. The molecule has 0 radical (unpaired) electrons. The van der Waals surface area contributed by atoms with Crippen LogP contribution in [0.3, 0.4) is 0 Å². The number of amides is 1. The van der Waals surface area contributed by atoms with Gasteiger partial charge in [-0.25, -0.2) is 4.98 Å². The second kappa shape index (κ2) is 6.26. The van der Waals surface area contributed by atoms with Gasteiger partial charge in [0.15, 0.2) is 5.13 Å². The second-order valence-electron chi connectivity index (χ2n) is 5.28. The zero-order valence-corrected chi connectivity index (χ0v) is 13.9. The van der Waals surface area contributed by atoms with E-state index < -0.39 is 0 Å². The number of nitrogens with one attached hydrogen (secondary N) is 1. The lowest BCUT2D eigenvalue weighted by atomic mass is 10.3. The molecule has 2 heterocycles. The number of carbonyl (C=O) groups excluding carboxylic acids is 1. The maximum Gasteiger partial charge on any atom is 0.244 e. The van der Waals surface area contributed by atoms with Crippen LogP contribution in [0.4, 0.5) is 5.13 Å². The maximum absolute atomic E-state index is 12.2. The third-order valence-electron chi connectivity index (χ3n) is 3.16. The fraction of sp³-hybridized carbons (Fsp3) is 0.500. The molecule has 0 saturated carbocycles. The van der Waals surface area contributed by atoms with Gasteiger partial charge in [0.05, 0.1) is 17.9 Å². The van der Waals surface area contributed by atoms with Gasteiger partial charge < -0.3 is 10.2 Å². The van der Waals surface area contributed by atoms with Crippen LogP contribution < -0.4 is 10.2 Å². The minimum Gasteiger partial charge on any atom is -0.354 e. The minimum atomic E-state index is -0.328. The number of anilines is 1. The maximum atomic E-state index is 12.2. The summed E-state index contributed by atoms with van der Waals surface area (Å²) in [5, 5.41) is 10.2. The highest BCUT2D eigenvalue weighted by molar-refractivity contribution is 7.13. The second-order valence-corrected chi connectivity index (χ2v) is 6.12. The molecule has 0 aliphatic heterocycles. The van der Waals surface area contributed by atoms with Crippen LogP contribution in [0.5, 0.6) is 0 Å². The van der Waals surface area contributed by atoms with Crippen molar-refractivity contribution in [2.45, 2.75) is 33.4 Å². The van der Waals surface area contributed by atoms with Crippen LogP contribution >= 0.6 is 11.3 Å². The molecule has 0 unspecified atom stereocenters. The number of aromatic nitrogens is 3. The molecular weight excluding hydrogens is 286 g/mol. The Morgan fingerprint density at radius 1 is 1.48 bits per heavy atom. The van der Waals surface area contributed by atoms with Crippen molar-refractivity contribution in [3.05, 3.63) is 28.5 Å². The van der Waals surface area contributed by atoms with Gasteiger partial charge in [-0.2, -0.15) is 5.10 Å². The molecule has 0 bridgehead atoms. The molecule has 0 fully saturated rings. The Bertz CT molecular complexity index is 631. The van der Waals surface area contributed by atoms with Gasteiger partial charge in [0.2, 0.25) is 5.91 Å². The summed E-state index contributed by atoms with van der Waals surface area (Å²) >= 11 is 1.57. The minimum absolute atomic E-state index is 0.0550. The number of aryl methyl sites for hydroxylation is 2. The van der Waals surface area contributed by atoms with Crippen molar-refractivity contribution < 1.29 is 4.79 Å². The van der Waals surface area contributed by atoms with Crippen LogP contribution in [0, 0.1) is 13.8 Å². The molecule has 114 valence electrons. The molecule has 0 aromatic carbocycles. The molecule has 1 amide bonds. The molecule has 6 nitrogen and oxygen atoms in total. The summed E-state index contributed by atoms with van der Waals surface area (Å²) in [5.74, 6) is -0.0550. The van der Waals surface area contributed by atoms with Gasteiger partial charge in [-0.1, -0.05) is 0 Å². The molecule has 0 aliphatic carbocycles. The van der Waals surface area contributed by atoms with Gasteiger partial charge in [0, 0.05) is 25.2 Å². The first-order valence-corrected chi connectivity index (χ1v) is 7.68. The quantitative estimate of drug-likeness (QED) is 0.916. The molecule has 21 heavy (non-hydrogen) atoms. The Labute approximate surface area is 128 Å². The van der Waals surface area contributed by atoms with Gasteiger partial charge in [0.1, 0.15) is 6.04 Å². The Balaban J connectivity index is 1.96. The largest absolute Gasteiger partial charge is 0.354 e. The van der Waals surface area contributed by atoms with Crippen LogP contribution in [0.1, 0.15) is 30.0 Å². The summed E-state index contributed by atoms with van der Waals surface area (Å²) in [4.78, 5) is 18.6. The predicted octanol–water partition coefficient (Wildman–Crippen LogP) is 1.90. The summed E-state index contributed by atoms with van der Waals surface area (Å²) in [5.41, 5.74) is 2.78. The van der Waals surface area contributed by atoms with Crippen LogP contribution in [0.15, 0.2) is 11.4 Å². The fourth-order valence-corrected chi connectivity index (χ4v) is 2.82. The van der Waals surface area contributed by atoms with E-state index in [1.165, 1.54) is 0 Å². The molecule has 1 atom stereocenters. The zero-order valence-electron chi connectivity index (χ0n) is 13.0. The highest BCUT2D eigenvalue weighted by atomic mass is 32.1. The molecule has 2 aromatic heterocycles. The SMILES string of the molecule is Cc1cc(C)n([C@H](C)C(=O)NCc2csc(N(C)C)n2)n1. The van der Waals surface area contributed by atoms with E-state index in [2.05, 4.69) is 15.4 Å². The normalized spacial score (nSPS) is 12.2. The Morgan fingerprint density at radius 2 is 2.19 bits per heavy atom. The summed E-state index contributed by atoms with van der Waals surface area (Å²) in [6.45, 7) is 6.16. The van der Waals surface area contributed by atoms with Gasteiger partial charge >= 0.3 is 0 Å². The van der Waals surface area contributed by atoms with Gasteiger partial charge in [-0.3, -0.25) is 9.48 Å². The van der Waals surface area contributed by atoms with Crippen molar-refractivity contribution in [3.8, 4) is 0 Å². The van der Waals surface area contributed by atoms with Crippen LogP contribution in [-0.2, 0) is 11.3 Å². The average Bonchev–Trinajstić information content (AvgIpc) is 3.01. The fourth-order valence-electron chi connectivity index (χ4n) is 2.06. The van der Waals surface area contributed by atoms with Crippen LogP contribution in [0.2, 0.25) is 0 Å². The first-order chi connectivity index (χ1) is 9.88. The van der Waals surface area contributed by atoms with Crippen LogP contribution in [-0.4, -0.2) is 34.8 Å². The molecular formula is C14H21N5OS. The van der Waals surface area contributed by atoms with E-state index in [1.54, 1.807) is 16.0 Å². The van der Waals surface area contributed by atoms with Crippen molar-refractivity contribution >= 4 is 22.4 Å². The molecule has 0 spiro atoms. The van der Waals surface area contributed by atoms with E-state index in [4.69, 9.17) is 0 Å². The third-order valence-corrected chi connectivity index (χ3v) is 4.21. The van der Waals surface area contributed by atoms with E-state index in [-0.39, 0.29) is 11.9 Å². The van der Waals surface area contributed by atoms with Gasteiger partial charge in [0.25, 0.3) is 0 Å². The highest BCUT2D eigenvalue weighted by Crippen LogP contribution is 2.18. The van der Waals surface area contributed by atoms with Crippen molar-refractivity contribution in [3.63, 3.8) is 0 Å². The first kappa shape index (κ1) is 15.5. The summed E-state index contributed by atoms with van der Waals surface area (Å²) in [7, 11) is 3.90. The van der Waals surface area contributed by atoms with Gasteiger partial charge in [-0.15, -0.1) is 11.3 Å². The lowest BCUT2D eigenvalue weighted by molar-refractivity contribution is -0.124. The number of nitrogens with zero attached hydrogens (tertiary/aromatic N) is 4. The number of hydrogen-bond acceptors (Lipinski definition) is 5.